The fourth-order valence-electron chi connectivity index (χ4n) is 5.61. The Morgan fingerprint density at radius 1 is 0.582 bits per heavy atom. The molecule has 0 bridgehead atoms. The zero-order chi connectivity index (χ0) is 41.8. The summed E-state index contributed by atoms with van der Waals surface area (Å²) in [7, 11) is -6.53. The van der Waals surface area contributed by atoms with Crippen LogP contribution in [0.4, 0.5) is 61.5 Å². The Hall–Kier alpha value is -4.55. The van der Waals surface area contributed by atoms with Gasteiger partial charge in [-0.05, 0) is 60.6 Å². The fourth-order valence-corrected chi connectivity index (χ4v) is 7.12. The number of hydrogen-bond donors (Lipinski definition) is 0. The third kappa shape index (κ3) is 7.19. The molecule has 1 unspecified atom stereocenters. The summed E-state index contributed by atoms with van der Waals surface area (Å²) in [4.78, 5) is -5.40. The van der Waals surface area contributed by atoms with Crippen molar-refractivity contribution in [3.05, 3.63) is 112 Å². The lowest BCUT2D eigenvalue weighted by molar-refractivity contribution is -0.288. The van der Waals surface area contributed by atoms with Crippen molar-refractivity contribution in [1.82, 2.24) is 0 Å². The van der Waals surface area contributed by atoms with Crippen LogP contribution in [0.3, 0.4) is 0 Å². The van der Waals surface area contributed by atoms with Gasteiger partial charge in [0, 0.05) is 5.56 Å². The molecule has 55 heavy (non-hydrogen) atoms. The average Bonchev–Trinajstić information content (AvgIpc) is 3.08. The van der Waals surface area contributed by atoms with E-state index >= 15 is 26.3 Å². The van der Waals surface area contributed by atoms with E-state index in [9.17, 15) is 43.5 Å². The van der Waals surface area contributed by atoms with E-state index in [0.717, 1.165) is 26.0 Å². The zero-order valence-electron chi connectivity index (χ0n) is 28.9. The number of alkyl halides is 6. The molecule has 0 spiro atoms. The standard InChI is InChI=1S/C36H28F14O4S/c1-6-16(3)53-19-12-8-17(9-13-19)34(35(45,46)47,36(48,49)50)18-10-14-20(15-11-18)54-30-24(39)28(43)32(29(44)25(30)40)55(51,52)31-26(41)22(37)21(23(38)27(31)42)33(4,5)7-2/h8-16H,6-7H2,1-5H3. The zero-order valence-corrected chi connectivity index (χ0v) is 29.8. The number of sulfone groups is 1. The molecule has 0 aliphatic carbocycles. The van der Waals surface area contributed by atoms with Crippen LogP contribution in [0.2, 0.25) is 0 Å². The maximum atomic E-state index is 15.2. The first kappa shape index (κ1) is 43.2. The van der Waals surface area contributed by atoms with Gasteiger partial charge in [-0.25, -0.2) is 34.8 Å². The highest BCUT2D eigenvalue weighted by molar-refractivity contribution is 7.91. The van der Waals surface area contributed by atoms with Gasteiger partial charge in [0.1, 0.15) is 21.3 Å². The predicted molar refractivity (Wildman–Crippen MR) is 168 cm³/mol. The minimum absolute atomic E-state index is 0.0500. The van der Waals surface area contributed by atoms with E-state index in [-0.39, 0.29) is 24.3 Å². The second-order valence-corrected chi connectivity index (χ2v) is 14.7. The van der Waals surface area contributed by atoms with E-state index in [1.165, 1.54) is 6.92 Å². The molecule has 4 nitrogen and oxygen atoms in total. The molecule has 0 heterocycles. The average molecular weight is 823 g/mol. The molecule has 0 amide bonds. The summed E-state index contributed by atoms with van der Waals surface area (Å²) >= 11 is 0. The Balaban J connectivity index is 1.82. The van der Waals surface area contributed by atoms with Gasteiger partial charge >= 0.3 is 12.4 Å². The van der Waals surface area contributed by atoms with Crippen LogP contribution in [0.1, 0.15) is 64.2 Å². The second-order valence-electron chi connectivity index (χ2n) is 12.8. The van der Waals surface area contributed by atoms with Crippen LogP contribution in [-0.2, 0) is 20.7 Å². The van der Waals surface area contributed by atoms with E-state index in [4.69, 9.17) is 4.74 Å². The molecule has 4 aromatic rings. The Kier molecular flexibility index (Phi) is 11.6. The smallest absolute Gasteiger partial charge is 0.411 e. The van der Waals surface area contributed by atoms with Crippen molar-refractivity contribution in [1.29, 1.82) is 0 Å². The molecule has 4 aromatic carbocycles. The molecule has 300 valence electrons. The van der Waals surface area contributed by atoms with Crippen LogP contribution in [0.25, 0.3) is 0 Å². The molecule has 0 aliphatic rings. The van der Waals surface area contributed by atoms with Crippen molar-refractivity contribution in [2.45, 2.75) is 86.5 Å². The van der Waals surface area contributed by atoms with E-state index < -0.39 is 124 Å². The number of ether oxygens (including phenoxy) is 2. The molecule has 0 saturated carbocycles. The predicted octanol–water partition coefficient (Wildman–Crippen LogP) is 11.7. The molecular weight excluding hydrogens is 794 g/mol. The van der Waals surface area contributed by atoms with E-state index in [0.29, 0.717) is 30.7 Å². The van der Waals surface area contributed by atoms with Gasteiger partial charge in [0.2, 0.25) is 32.6 Å². The molecule has 0 aromatic heterocycles. The normalized spacial score (nSPS) is 13.6. The SMILES string of the molecule is CCC(C)Oc1ccc(C(c2ccc(Oc3c(F)c(F)c(S(=O)(=O)c4c(F)c(F)c(C(C)(C)CC)c(F)c4F)c(F)c3F)cc2)(C(F)(F)F)C(F)(F)F)cc1. The van der Waals surface area contributed by atoms with Gasteiger partial charge in [-0.2, -0.15) is 35.1 Å². The van der Waals surface area contributed by atoms with E-state index in [1.54, 1.807) is 13.8 Å². The van der Waals surface area contributed by atoms with Crippen molar-refractivity contribution >= 4 is 9.84 Å². The molecule has 0 N–H and O–H groups in total. The van der Waals surface area contributed by atoms with Gasteiger partial charge in [0.15, 0.2) is 34.9 Å². The number of halogens is 14. The lowest BCUT2D eigenvalue weighted by Gasteiger charge is -2.38. The lowest BCUT2D eigenvalue weighted by Crippen LogP contribution is -2.54. The number of benzene rings is 4. The van der Waals surface area contributed by atoms with Gasteiger partial charge < -0.3 is 9.47 Å². The highest BCUT2D eigenvalue weighted by atomic mass is 32.2. The van der Waals surface area contributed by atoms with Crippen LogP contribution in [0.15, 0.2) is 58.3 Å². The molecule has 0 saturated heterocycles. The number of hydrogen-bond acceptors (Lipinski definition) is 4. The molecule has 0 aliphatic heterocycles. The van der Waals surface area contributed by atoms with Gasteiger partial charge in [-0.1, -0.05) is 52.0 Å². The molecule has 0 fully saturated rings. The summed E-state index contributed by atoms with van der Waals surface area (Å²) in [6, 6.07) is 3.77. The Bertz CT molecular complexity index is 2120. The first-order chi connectivity index (χ1) is 25.2. The van der Waals surface area contributed by atoms with Crippen LogP contribution < -0.4 is 9.47 Å². The Labute approximate surface area is 304 Å². The van der Waals surface area contributed by atoms with Gasteiger partial charge in [0.25, 0.3) is 0 Å². The Morgan fingerprint density at radius 3 is 1.29 bits per heavy atom. The van der Waals surface area contributed by atoms with Crippen molar-refractivity contribution < 1.29 is 79.4 Å². The van der Waals surface area contributed by atoms with Crippen LogP contribution >= 0.6 is 0 Å². The van der Waals surface area contributed by atoms with Crippen molar-refractivity contribution in [2.24, 2.45) is 0 Å². The van der Waals surface area contributed by atoms with Crippen molar-refractivity contribution in [2.75, 3.05) is 0 Å². The summed E-state index contributed by atoms with van der Waals surface area (Å²) in [5, 5.41) is 0. The summed E-state index contributed by atoms with van der Waals surface area (Å²) < 4.78 is 245. The summed E-state index contributed by atoms with van der Waals surface area (Å²) in [5.41, 5.74) is -10.5. The highest BCUT2D eigenvalue weighted by Crippen LogP contribution is 2.56. The molecule has 4 rings (SSSR count). The lowest BCUT2D eigenvalue weighted by atomic mass is 9.73. The quantitative estimate of drug-likeness (QED) is 0.112. The van der Waals surface area contributed by atoms with Crippen molar-refractivity contribution in [3.63, 3.8) is 0 Å². The summed E-state index contributed by atoms with van der Waals surface area (Å²) in [6.07, 6.45) is -12.3. The Morgan fingerprint density at radius 2 is 0.945 bits per heavy atom. The van der Waals surface area contributed by atoms with E-state index in [2.05, 4.69) is 4.74 Å². The summed E-state index contributed by atoms with van der Waals surface area (Å²) in [6.45, 7) is 6.89. The monoisotopic (exact) mass is 822 g/mol. The van der Waals surface area contributed by atoms with E-state index in [1.807, 2.05) is 0 Å². The van der Waals surface area contributed by atoms with Crippen LogP contribution in [0, 0.1) is 46.5 Å². The third-order valence-electron chi connectivity index (χ3n) is 9.06. The first-order valence-corrected chi connectivity index (χ1v) is 17.4. The maximum Gasteiger partial charge on any atom is 0.411 e. The van der Waals surface area contributed by atoms with Gasteiger partial charge in [-0.15, -0.1) is 0 Å². The van der Waals surface area contributed by atoms with Gasteiger partial charge in [-0.3, -0.25) is 0 Å². The van der Waals surface area contributed by atoms with Crippen molar-refractivity contribution in [3.8, 4) is 17.2 Å². The minimum Gasteiger partial charge on any atom is -0.491 e. The fraction of sp³-hybridized carbons (Fsp3) is 0.333. The molecule has 19 heteroatoms. The highest BCUT2D eigenvalue weighted by Gasteiger charge is 2.72. The summed E-state index contributed by atoms with van der Waals surface area (Å²) in [5.74, 6) is -24.6. The van der Waals surface area contributed by atoms with Crippen LogP contribution in [-0.4, -0.2) is 26.9 Å². The van der Waals surface area contributed by atoms with Crippen LogP contribution in [0.5, 0.6) is 17.2 Å². The second kappa shape index (κ2) is 14.8. The first-order valence-electron chi connectivity index (χ1n) is 15.9. The number of rotatable bonds is 11. The van der Waals surface area contributed by atoms with Gasteiger partial charge in [0.05, 0.1) is 6.10 Å². The molecule has 1 atom stereocenters. The maximum absolute atomic E-state index is 15.2. The largest absolute Gasteiger partial charge is 0.491 e. The minimum atomic E-state index is -6.53. The molecular formula is C36H28F14O4S. The third-order valence-corrected chi connectivity index (χ3v) is 10.9. The molecule has 0 radical (unpaired) electrons. The topological polar surface area (TPSA) is 52.6 Å².